The Morgan fingerprint density at radius 1 is 0.971 bits per heavy atom. The van der Waals surface area contributed by atoms with Crippen molar-refractivity contribution in [2.24, 2.45) is 0 Å². The maximum absolute atomic E-state index is 12.7. The third-order valence-corrected chi connectivity index (χ3v) is 9.43. The zero-order chi connectivity index (χ0) is 24.3. The zero-order valence-electron chi connectivity index (χ0n) is 17.3. The summed E-state index contributed by atoms with van der Waals surface area (Å²) in [6.07, 6.45) is 0. The van der Waals surface area contributed by atoms with Crippen molar-refractivity contribution in [3.8, 4) is 0 Å². The molecule has 34 heavy (non-hydrogen) atoms. The molecule has 0 spiro atoms. The molecule has 1 saturated heterocycles. The molecule has 15 heteroatoms. The van der Waals surface area contributed by atoms with Crippen LogP contribution in [0.15, 0.2) is 57.8 Å². The van der Waals surface area contributed by atoms with Crippen LogP contribution in [-0.2, 0) is 24.8 Å². The molecule has 4 rings (SSSR count). The van der Waals surface area contributed by atoms with Gasteiger partial charge in [-0.25, -0.2) is 8.42 Å². The molecular weight excluding hydrogens is 526 g/mol. The van der Waals surface area contributed by atoms with E-state index in [1.54, 1.807) is 12.1 Å². The average molecular weight is 544 g/mol. The van der Waals surface area contributed by atoms with Crippen molar-refractivity contribution in [3.05, 3.63) is 59.1 Å². The molecule has 1 aliphatic rings. The lowest BCUT2D eigenvalue weighted by atomic mass is 10.2. The maximum Gasteiger partial charge on any atom is 0.291 e. The number of nitrogens with one attached hydrogen (secondary N) is 2. The lowest BCUT2D eigenvalue weighted by Gasteiger charge is -2.26. The number of rotatable bonds is 7. The fourth-order valence-corrected chi connectivity index (χ4v) is 6.46. The molecular formula is C19H18ClN5O6S3. The van der Waals surface area contributed by atoms with Gasteiger partial charge >= 0.3 is 0 Å². The zero-order valence-corrected chi connectivity index (χ0v) is 20.5. The number of benzene rings is 2. The van der Waals surface area contributed by atoms with Gasteiger partial charge < -0.3 is 4.74 Å². The number of amides is 1. The quantitative estimate of drug-likeness (QED) is 0.431. The predicted octanol–water partition coefficient (Wildman–Crippen LogP) is 2.27. The van der Waals surface area contributed by atoms with E-state index >= 15 is 0 Å². The number of sulfonamides is 2. The van der Waals surface area contributed by atoms with Crippen LogP contribution in [0.2, 0.25) is 5.02 Å². The van der Waals surface area contributed by atoms with E-state index in [-0.39, 0.29) is 33.1 Å². The van der Waals surface area contributed by atoms with Crippen LogP contribution in [0.1, 0.15) is 10.4 Å². The van der Waals surface area contributed by atoms with Gasteiger partial charge in [-0.1, -0.05) is 22.9 Å². The number of hydrogen-bond donors (Lipinski definition) is 2. The first-order chi connectivity index (χ1) is 16.1. The predicted molar refractivity (Wildman–Crippen MR) is 126 cm³/mol. The fraction of sp³-hybridized carbons (Fsp3) is 0.211. The van der Waals surface area contributed by atoms with Crippen LogP contribution in [0.25, 0.3) is 0 Å². The van der Waals surface area contributed by atoms with Gasteiger partial charge in [-0.2, -0.15) is 12.7 Å². The van der Waals surface area contributed by atoms with E-state index in [2.05, 4.69) is 20.2 Å². The minimum Gasteiger partial charge on any atom is -0.379 e. The molecule has 0 aliphatic carbocycles. The molecule has 180 valence electrons. The normalized spacial score (nSPS) is 15.1. The van der Waals surface area contributed by atoms with Crippen molar-refractivity contribution in [3.63, 3.8) is 0 Å². The number of nitrogens with zero attached hydrogens (tertiary/aromatic N) is 3. The van der Waals surface area contributed by atoms with Crippen molar-refractivity contribution in [1.82, 2.24) is 14.5 Å². The van der Waals surface area contributed by atoms with Crippen LogP contribution >= 0.6 is 22.9 Å². The monoisotopic (exact) mass is 543 g/mol. The Balaban J connectivity index is 1.43. The van der Waals surface area contributed by atoms with Gasteiger partial charge in [0.05, 0.1) is 18.1 Å². The number of hydrogen-bond acceptors (Lipinski definition) is 9. The molecule has 1 amide bonds. The summed E-state index contributed by atoms with van der Waals surface area (Å²) in [6.45, 7) is 1.15. The lowest BCUT2D eigenvalue weighted by molar-refractivity contribution is 0.0730. The molecule has 1 fully saturated rings. The molecule has 3 aromatic rings. The largest absolute Gasteiger partial charge is 0.379 e. The Morgan fingerprint density at radius 3 is 2.26 bits per heavy atom. The third kappa shape index (κ3) is 5.54. The van der Waals surface area contributed by atoms with E-state index < -0.39 is 26.0 Å². The molecule has 0 atom stereocenters. The molecule has 0 bridgehead atoms. The van der Waals surface area contributed by atoms with E-state index in [0.29, 0.717) is 35.1 Å². The summed E-state index contributed by atoms with van der Waals surface area (Å²) in [4.78, 5) is 12.3. The summed E-state index contributed by atoms with van der Waals surface area (Å²) in [5.41, 5.74) is 0.456. The number of aromatic nitrogens is 2. The summed E-state index contributed by atoms with van der Waals surface area (Å²) in [5, 5.41) is 10.3. The summed E-state index contributed by atoms with van der Waals surface area (Å²) in [5.74, 6) is -0.498. The molecule has 11 nitrogen and oxygen atoms in total. The highest BCUT2D eigenvalue weighted by molar-refractivity contribution is 7.94. The smallest absolute Gasteiger partial charge is 0.291 e. The summed E-state index contributed by atoms with van der Waals surface area (Å²) >= 11 is 6.47. The van der Waals surface area contributed by atoms with Crippen molar-refractivity contribution < 1.29 is 26.4 Å². The van der Waals surface area contributed by atoms with E-state index in [1.165, 1.54) is 40.7 Å². The first-order valence-corrected chi connectivity index (χ1v) is 13.9. The van der Waals surface area contributed by atoms with Crippen LogP contribution in [0.4, 0.5) is 10.8 Å². The number of carbonyl (C=O) groups excluding carboxylic acids is 1. The van der Waals surface area contributed by atoms with Gasteiger partial charge in [0.15, 0.2) is 0 Å². The van der Waals surface area contributed by atoms with Gasteiger partial charge in [0, 0.05) is 29.4 Å². The highest BCUT2D eigenvalue weighted by Crippen LogP contribution is 2.25. The summed E-state index contributed by atoms with van der Waals surface area (Å²) in [7, 11) is -7.82. The van der Waals surface area contributed by atoms with Gasteiger partial charge in [-0.3, -0.25) is 14.8 Å². The molecule has 0 radical (unpaired) electrons. The Kier molecular flexibility index (Phi) is 7.16. The average Bonchev–Trinajstić information content (AvgIpc) is 3.30. The maximum atomic E-state index is 12.7. The van der Waals surface area contributed by atoms with Crippen molar-refractivity contribution in [2.75, 3.05) is 36.3 Å². The molecule has 0 saturated carbocycles. The van der Waals surface area contributed by atoms with E-state index in [0.717, 1.165) is 0 Å². The second kappa shape index (κ2) is 9.93. The SMILES string of the molecule is O=C(Nc1nnc(S(=O)(=O)Nc2ccc(S(=O)(=O)N3CCOCC3)cc2)s1)c1ccc(Cl)cc1. The van der Waals surface area contributed by atoms with Gasteiger partial charge in [-0.05, 0) is 48.5 Å². The molecule has 1 aliphatic heterocycles. The summed E-state index contributed by atoms with van der Waals surface area (Å²) < 4.78 is 59.2. The van der Waals surface area contributed by atoms with E-state index in [1.807, 2.05) is 0 Å². The molecule has 0 unspecified atom stereocenters. The van der Waals surface area contributed by atoms with Gasteiger partial charge in [0.1, 0.15) is 0 Å². The van der Waals surface area contributed by atoms with Gasteiger partial charge in [0.25, 0.3) is 20.3 Å². The van der Waals surface area contributed by atoms with Crippen LogP contribution in [-0.4, -0.2) is 63.5 Å². The van der Waals surface area contributed by atoms with Crippen LogP contribution in [0.3, 0.4) is 0 Å². The van der Waals surface area contributed by atoms with Crippen molar-refractivity contribution in [1.29, 1.82) is 0 Å². The second-order valence-electron chi connectivity index (χ2n) is 6.98. The second-order valence-corrected chi connectivity index (χ2v) is 12.2. The highest BCUT2D eigenvalue weighted by atomic mass is 35.5. The summed E-state index contributed by atoms with van der Waals surface area (Å²) in [6, 6.07) is 11.5. The van der Waals surface area contributed by atoms with E-state index in [4.69, 9.17) is 16.3 Å². The third-order valence-electron chi connectivity index (χ3n) is 4.68. The molecule has 2 aromatic carbocycles. The Bertz CT molecular complexity index is 1390. The van der Waals surface area contributed by atoms with E-state index in [9.17, 15) is 21.6 Å². The molecule has 1 aromatic heterocycles. The Hall–Kier alpha value is -2.62. The van der Waals surface area contributed by atoms with Crippen molar-refractivity contribution >= 4 is 59.7 Å². The standard InChI is InChI=1S/C19H18ClN5O6S3/c20-14-3-1-13(2-4-14)17(26)21-18-22-23-19(32-18)33(27,28)24-15-5-7-16(8-6-15)34(29,30)25-9-11-31-12-10-25/h1-8,24H,9-12H2,(H,21,22,26). The first-order valence-electron chi connectivity index (χ1n) is 9.76. The van der Waals surface area contributed by atoms with Crippen LogP contribution in [0.5, 0.6) is 0 Å². The molecule has 2 N–H and O–H groups in total. The fourth-order valence-electron chi connectivity index (χ4n) is 2.97. The van der Waals surface area contributed by atoms with Gasteiger partial charge in [0.2, 0.25) is 15.2 Å². The van der Waals surface area contributed by atoms with Crippen LogP contribution in [0, 0.1) is 0 Å². The van der Waals surface area contributed by atoms with Gasteiger partial charge in [-0.15, -0.1) is 10.2 Å². The minimum atomic E-state index is -4.12. The number of morpholine rings is 1. The van der Waals surface area contributed by atoms with Crippen molar-refractivity contribution in [2.45, 2.75) is 9.24 Å². The number of carbonyl (C=O) groups is 1. The minimum absolute atomic E-state index is 0.00715. The first kappa shape index (κ1) is 24.5. The molecule has 2 heterocycles. The highest BCUT2D eigenvalue weighted by Gasteiger charge is 2.27. The Morgan fingerprint density at radius 2 is 1.62 bits per heavy atom. The Labute approximate surface area is 204 Å². The number of halogens is 1. The number of anilines is 2. The topological polar surface area (TPSA) is 148 Å². The van der Waals surface area contributed by atoms with Crippen LogP contribution < -0.4 is 10.0 Å². The lowest BCUT2D eigenvalue weighted by Crippen LogP contribution is -2.40. The number of ether oxygens (including phenoxy) is 1.